The lowest BCUT2D eigenvalue weighted by Gasteiger charge is -2.27. The number of fused-ring (bicyclic) bond motifs is 1. The van der Waals surface area contributed by atoms with Crippen molar-refractivity contribution < 1.29 is 33.4 Å². The van der Waals surface area contributed by atoms with Crippen molar-refractivity contribution in [2.75, 3.05) is 63.8 Å². The highest BCUT2D eigenvalue weighted by Gasteiger charge is 2.45. The minimum absolute atomic E-state index is 0.0751. The summed E-state index contributed by atoms with van der Waals surface area (Å²) in [5, 5.41) is 5.33. The lowest BCUT2D eigenvalue weighted by atomic mass is 10.0. The molecule has 12 nitrogen and oxygen atoms in total. The van der Waals surface area contributed by atoms with Gasteiger partial charge in [0.2, 0.25) is 11.8 Å². The summed E-state index contributed by atoms with van der Waals surface area (Å²) in [5.41, 5.74) is 7.35. The standard InChI is InChI=1S/C27H33N5O7S/c28-18-4-6-19(7-5-18)40-30-11-13-38-15-17-39-16-14-37-12-10-29-21-3-1-2-20-24(21)27(36)32(26(20)35)22-8-9-23(33)31-25(22)34/h1-7,22,29-30H,8-17,28H2,(H,31,33,34). The highest BCUT2D eigenvalue weighted by molar-refractivity contribution is 7.97. The van der Waals surface area contributed by atoms with Crippen LogP contribution in [0.25, 0.3) is 0 Å². The minimum Gasteiger partial charge on any atom is -0.399 e. The van der Waals surface area contributed by atoms with E-state index >= 15 is 0 Å². The highest BCUT2D eigenvalue weighted by atomic mass is 32.2. The number of amides is 4. The van der Waals surface area contributed by atoms with E-state index in [9.17, 15) is 19.2 Å². The highest BCUT2D eigenvalue weighted by Crippen LogP contribution is 2.32. The normalized spacial score (nSPS) is 16.8. The predicted octanol–water partition coefficient (Wildman–Crippen LogP) is 1.43. The van der Waals surface area contributed by atoms with Gasteiger partial charge in [-0.2, -0.15) is 0 Å². The second-order valence-corrected chi connectivity index (χ2v) is 9.97. The van der Waals surface area contributed by atoms with Crippen molar-refractivity contribution in [3.63, 3.8) is 0 Å². The molecule has 2 aromatic carbocycles. The second kappa shape index (κ2) is 14.8. The number of hydrogen-bond acceptors (Lipinski definition) is 11. The largest absolute Gasteiger partial charge is 0.399 e. The number of nitrogens with one attached hydrogen (secondary N) is 3. The molecule has 0 aromatic heterocycles. The molecule has 40 heavy (non-hydrogen) atoms. The molecule has 1 unspecified atom stereocenters. The summed E-state index contributed by atoms with van der Waals surface area (Å²) in [5.74, 6) is -2.13. The van der Waals surface area contributed by atoms with Crippen LogP contribution in [0, 0.1) is 0 Å². The number of imide groups is 2. The van der Waals surface area contributed by atoms with Crippen molar-refractivity contribution in [3.05, 3.63) is 53.6 Å². The van der Waals surface area contributed by atoms with Gasteiger partial charge in [-0.1, -0.05) is 6.07 Å². The molecule has 214 valence electrons. The molecule has 0 spiro atoms. The average molecular weight is 572 g/mol. The number of rotatable bonds is 16. The Morgan fingerprint density at radius 1 is 0.875 bits per heavy atom. The zero-order valence-corrected chi connectivity index (χ0v) is 22.8. The van der Waals surface area contributed by atoms with Crippen LogP contribution in [-0.2, 0) is 23.8 Å². The van der Waals surface area contributed by atoms with Gasteiger partial charge in [0.05, 0.1) is 50.8 Å². The van der Waals surface area contributed by atoms with E-state index in [2.05, 4.69) is 15.4 Å². The molecule has 13 heteroatoms. The Morgan fingerprint density at radius 2 is 1.55 bits per heavy atom. The van der Waals surface area contributed by atoms with Gasteiger partial charge in [-0.15, -0.1) is 0 Å². The Bertz CT molecular complexity index is 1210. The molecule has 0 radical (unpaired) electrons. The third-order valence-electron chi connectivity index (χ3n) is 6.19. The van der Waals surface area contributed by atoms with E-state index in [0.29, 0.717) is 58.4 Å². The van der Waals surface area contributed by atoms with Crippen molar-refractivity contribution >= 4 is 47.0 Å². The number of benzene rings is 2. The van der Waals surface area contributed by atoms with Crippen molar-refractivity contribution in [2.45, 2.75) is 23.8 Å². The number of anilines is 2. The van der Waals surface area contributed by atoms with Gasteiger partial charge >= 0.3 is 0 Å². The summed E-state index contributed by atoms with van der Waals surface area (Å²) < 4.78 is 19.8. The van der Waals surface area contributed by atoms with Gasteiger partial charge in [-0.3, -0.25) is 34.1 Å². The molecule has 2 aliphatic rings. The van der Waals surface area contributed by atoms with E-state index in [4.69, 9.17) is 19.9 Å². The Balaban J connectivity index is 1.06. The number of hydrogen-bond donors (Lipinski definition) is 4. The lowest BCUT2D eigenvalue weighted by molar-refractivity contribution is -0.136. The number of nitrogens with zero attached hydrogens (tertiary/aromatic N) is 1. The third kappa shape index (κ3) is 7.79. The predicted molar refractivity (Wildman–Crippen MR) is 149 cm³/mol. The quantitative estimate of drug-likeness (QED) is 0.0998. The maximum Gasteiger partial charge on any atom is 0.264 e. The Kier molecular flexibility index (Phi) is 10.9. The van der Waals surface area contributed by atoms with Crippen LogP contribution in [0.4, 0.5) is 11.4 Å². The average Bonchev–Trinajstić information content (AvgIpc) is 3.20. The summed E-state index contributed by atoms with van der Waals surface area (Å²) in [7, 11) is 0. The number of carbonyl (C=O) groups is 4. The van der Waals surface area contributed by atoms with E-state index in [-0.39, 0.29) is 24.0 Å². The molecule has 2 heterocycles. The lowest BCUT2D eigenvalue weighted by Crippen LogP contribution is -2.54. The van der Waals surface area contributed by atoms with Gasteiger partial charge in [0.15, 0.2) is 0 Å². The number of piperidine rings is 1. The van der Waals surface area contributed by atoms with Gasteiger partial charge in [0, 0.05) is 35.8 Å². The summed E-state index contributed by atoms with van der Waals surface area (Å²) in [6, 6.07) is 11.6. The van der Waals surface area contributed by atoms with Crippen LogP contribution in [-0.4, -0.2) is 87.3 Å². The van der Waals surface area contributed by atoms with Gasteiger partial charge in [-0.25, -0.2) is 0 Å². The SMILES string of the molecule is Nc1ccc(SNCCOCCOCCOCCNc2cccc3c2C(=O)N(C2CCC(=O)NC2=O)C3=O)cc1. The zero-order chi connectivity index (χ0) is 28.3. The van der Waals surface area contributed by atoms with Crippen LogP contribution < -0.4 is 21.1 Å². The van der Waals surface area contributed by atoms with Crippen LogP contribution >= 0.6 is 11.9 Å². The maximum atomic E-state index is 13.1. The monoisotopic (exact) mass is 571 g/mol. The Hall–Kier alpha value is -3.49. The molecule has 4 rings (SSSR count). The first-order valence-electron chi connectivity index (χ1n) is 13.0. The van der Waals surface area contributed by atoms with Crippen LogP contribution in [0.3, 0.4) is 0 Å². The maximum absolute atomic E-state index is 13.1. The van der Waals surface area contributed by atoms with Crippen LogP contribution in [0.15, 0.2) is 47.4 Å². The Labute approximate surface area is 236 Å². The molecule has 1 fully saturated rings. The van der Waals surface area contributed by atoms with E-state index in [1.165, 1.54) is 11.9 Å². The Morgan fingerprint density at radius 3 is 2.25 bits per heavy atom. The molecule has 4 amide bonds. The number of nitrogens with two attached hydrogens (primary N) is 1. The summed E-state index contributed by atoms with van der Waals surface area (Å²) >= 11 is 1.52. The fourth-order valence-corrected chi connectivity index (χ4v) is 4.87. The zero-order valence-electron chi connectivity index (χ0n) is 22.0. The van der Waals surface area contributed by atoms with E-state index in [0.717, 1.165) is 15.5 Å². The molecule has 0 saturated carbocycles. The first kappa shape index (κ1) is 29.5. The first-order valence-corrected chi connectivity index (χ1v) is 13.8. The van der Waals surface area contributed by atoms with Crippen LogP contribution in [0.2, 0.25) is 0 Å². The molecule has 0 bridgehead atoms. The number of carbonyl (C=O) groups excluding carboxylic acids is 4. The molecular weight excluding hydrogens is 538 g/mol. The smallest absolute Gasteiger partial charge is 0.264 e. The van der Waals surface area contributed by atoms with Gasteiger partial charge in [0.1, 0.15) is 6.04 Å². The molecule has 2 aromatic rings. The summed E-state index contributed by atoms with van der Waals surface area (Å²) in [6.07, 6.45) is 0.189. The van der Waals surface area contributed by atoms with Crippen molar-refractivity contribution in [2.24, 2.45) is 0 Å². The third-order valence-corrected chi connectivity index (χ3v) is 7.05. The molecule has 1 saturated heterocycles. The minimum atomic E-state index is -0.998. The number of ether oxygens (including phenoxy) is 3. The van der Waals surface area contributed by atoms with Crippen LogP contribution in [0.5, 0.6) is 0 Å². The van der Waals surface area contributed by atoms with Gasteiger partial charge in [-0.05, 0) is 54.8 Å². The van der Waals surface area contributed by atoms with Crippen LogP contribution in [0.1, 0.15) is 33.6 Å². The van der Waals surface area contributed by atoms with Crippen molar-refractivity contribution in [1.29, 1.82) is 0 Å². The second-order valence-electron chi connectivity index (χ2n) is 9.00. The fraction of sp³-hybridized carbons (Fsp3) is 0.407. The molecule has 0 aliphatic carbocycles. The summed E-state index contributed by atoms with van der Waals surface area (Å²) in [4.78, 5) is 51.7. The van der Waals surface area contributed by atoms with E-state index < -0.39 is 29.7 Å². The van der Waals surface area contributed by atoms with E-state index in [1.54, 1.807) is 18.2 Å². The van der Waals surface area contributed by atoms with Gasteiger partial charge in [0.25, 0.3) is 11.8 Å². The fourth-order valence-electron chi connectivity index (χ4n) is 4.25. The van der Waals surface area contributed by atoms with Crippen molar-refractivity contribution in [1.82, 2.24) is 14.9 Å². The topological polar surface area (TPSA) is 161 Å². The summed E-state index contributed by atoms with van der Waals surface area (Å²) in [6.45, 7) is 3.79. The van der Waals surface area contributed by atoms with Gasteiger partial charge < -0.3 is 25.3 Å². The van der Waals surface area contributed by atoms with E-state index in [1.807, 2.05) is 24.3 Å². The molecule has 1 atom stereocenters. The first-order chi connectivity index (χ1) is 19.5. The number of nitrogen functional groups attached to an aromatic ring is 1. The molecule has 5 N–H and O–H groups in total. The van der Waals surface area contributed by atoms with Crippen molar-refractivity contribution in [3.8, 4) is 0 Å². The molecule has 2 aliphatic heterocycles. The molecular formula is C27H33N5O7S.